The van der Waals surface area contributed by atoms with Crippen LogP contribution in [0, 0.1) is 0 Å². The Hall–Kier alpha value is -1.64. The molecule has 0 bridgehead atoms. The zero-order valence-electron chi connectivity index (χ0n) is 15.7. The van der Waals surface area contributed by atoms with Gasteiger partial charge >= 0.3 is 0 Å². The molecule has 2 aliphatic heterocycles. The van der Waals surface area contributed by atoms with E-state index in [1.54, 1.807) is 30.1 Å². The maximum absolute atomic E-state index is 13.2. The summed E-state index contributed by atoms with van der Waals surface area (Å²) in [6.45, 7) is 3.47. The van der Waals surface area contributed by atoms with E-state index in [1.165, 1.54) is 18.4 Å². The van der Waals surface area contributed by atoms with Crippen molar-refractivity contribution in [3.63, 3.8) is 0 Å². The Balaban J connectivity index is 2.02. The zero-order valence-corrected chi connectivity index (χ0v) is 16.6. The van der Waals surface area contributed by atoms with Crippen molar-refractivity contribution in [2.75, 3.05) is 52.2 Å². The molecule has 0 radical (unpaired) electrons. The first-order valence-electron chi connectivity index (χ1n) is 9.12. The lowest BCUT2D eigenvalue weighted by Gasteiger charge is -2.28. The molecular weight excluding hydrogens is 352 g/mol. The van der Waals surface area contributed by atoms with Crippen LogP contribution in [0.1, 0.15) is 29.6 Å². The number of carbonyl (C=O) groups is 1. The number of nitrogens with one attached hydrogen (secondary N) is 1. The van der Waals surface area contributed by atoms with Crippen LogP contribution in [0.4, 0.5) is 5.69 Å². The number of amides is 1. The summed E-state index contributed by atoms with van der Waals surface area (Å²) < 4.78 is 26.3. The van der Waals surface area contributed by atoms with Crippen molar-refractivity contribution >= 4 is 21.6 Å². The van der Waals surface area contributed by atoms with E-state index in [2.05, 4.69) is 10.2 Å². The first-order valence-corrected chi connectivity index (χ1v) is 10.6. The number of carbonyl (C=O) groups excluding carboxylic acids is 1. The van der Waals surface area contributed by atoms with Crippen molar-refractivity contribution in [3.8, 4) is 0 Å². The molecule has 0 saturated carbocycles. The number of anilines is 1. The fourth-order valence-electron chi connectivity index (χ4n) is 3.62. The van der Waals surface area contributed by atoms with Crippen LogP contribution in [-0.4, -0.2) is 76.9 Å². The van der Waals surface area contributed by atoms with Crippen molar-refractivity contribution in [1.29, 1.82) is 0 Å². The molecule has 1 aromatic rings. The summed E-state index contributed by atoms with van der Waals surface area (Å²) in [5.41, 5.74) is 1.31. The molecule has 0 spiro atoms. The van der Waals surface area contributed by atoms with Crippen molar-refractivity contribution in [1.82, 2.24) is 14.5 Å². The maximum Gasteiger partial charge on any atom is 0.256 e. The predicted molar refractivity (Wildman–Crippen MR) is 102 cm³/mol. The van der Waals surface area contributed by atoms with Gasteiger partial charge in [-0.3, -0.25) is 4.79 Å². The second-order valence-corrected chi connectivity index (χ2v) is 9.38. The number of likely N-dealkylation sites (N-methyl/N-ethyl adjacent to an activating group) is 1. The molecule has 2 heterocycles. The average Bonchev–Trinajstić information content (AvgIpc) is 3.33. The van der Waals surface area contributed by atoms with Crippen LogP contribution in [0.2, 0.25) is 0 Å². The Morgan fingerprint density at radius 3 is 2.46 bits per heavy atom. The fraction of sp³-hybridized carbons (Fsp3) is 0.611. The zero-order chi connectivity index (χ0) is 18.9. The highest BCUT2D eigenvalue weighted by atomic mass is 32.2. The van der Waals surface area contributed by atoms with Gasteiger partial charge in [0.05, 0.1) is 10.5 Å². The van der Waals surface area contributed by atoms with Crippen LogP contribution < -0.4 is 10.2 Å². The van der Waals surface area contributed by atoms with E-state index >= 15 is 0 Å². The second kappa shape index (κ2) is 7.54. The van der Waals surface area contributed by atoms with Gasteiger partial charge in [-0.15, -0.1) is 0 Å². The summed E-state index contributed by atoms with van der Waals surface area (Å²) in [6, 6.07) is 5.08. The number of sulfonamides is 1. The van der Waals surface area contributed by atoms with Crippen LogP contribution in [0.5, 0.6) is 0 Å². The smallest absolute Gasteiger partial charge is 0.256 e. The molecule has 3 rings (SSSR count). The van der Waals surface area contributed by atoms with Crippen LogP contribution in [0.25, 0.3) is 0 Å². The molecule has 2 fully saturated rings. The third-order valence-electron chi connectivity index (χ3n) is 5.33. The van der Waals surface area contributed by atoms with E-state index in [-0.39, 0.29) is 16.8 Å². The SMILES string of the molecule is CN(C(=O)c1cc(S(=O)(=O)N(C)C)ccc1N1CCCC1)C1CCNC1. The minimum Gasteiger partial charge on any atom is -0.371 e. The molecule has 26 heavy (non-hydrogen) atoms. The van der Waals surface area contributed by atoms with E-state index in [1.807, 2.05) is 0 Å². The molecule has 1 amide bonds. The third kappa shape index (κ3) is 3.58. The number of nitrogens with zero attached hydrogens (tertiary/aromatic N) is 3. The Morgan fingerprint density at radius 2 is 1.88 bits per heavy atom. The van der Waals surface area contributed by atoms with Crippen molar-refractivity contribution in [3.05, 3.63) is 23.8 Å². The Morgan fingerprint density at radius 1 is 1.19 bits per heavy atom. The lowest BCUT2D eigenvalue weighted by Crippen LogP contribution is -2.39. The minimum atomic E-state index is -3.59. The molecule has 0 aromatic heterocycles. The van der Waals surface area contributed by atoms with Gasteiger partial charge < -0.3 is 15.1 Å². The third-order valence-corrected chi connectivity index (χ3v) is 7.14. The molecule has 7 nitrogen and oxygen atoms in total. The molecule has 1 N–H and O–H groups in total. The normalized spacial score (nSPS) is 20.8. The molecular formula is C18H28N4O3S. The molecule has 144 valence electrons. The van der Waals surface area contributed by atoms with Crippen LogP contribution in [0.15, 0.2) is 23.1 Å². The summed E-state index contributed by atoms with van der Waals surface area (Å²) in [4.78, 5) is 17.3. The quantitative estimate of drug-likeness (QED) is 0.824. The van der Waals surface area contributed by atoms with Gasteiger partial charge in [0.2, 0.25) is 10.0 Å². The fourth-order valence-corrected chi connectivity index (χ4v) is 4.55. The summed E-state index contributed by atoms with van der Waals surface area (Å²) in [5.74, 6) is -0.114. The van der Waals surface area contributed by atoms with Crippen LogP contribution in [0.3, 0.4) is 0 Å². The van der Waals surface area contributed by atoms with E-state index in [0.29, 0.717) is 5.56 Å². The monoisotopic (exact) mass is 380 g/mol. The van der Waals surface area contributed by atoms with Gasteiger partial charge in [-0.05, 0) is 44.0 Å². The highest BCUT2D eigenvalue weighted by Crippen LogP contribution is 2.29. The lowest BCUT2D eigenvalue weighted by atomic mass is 10.1. The Bertz CT molecular complexity index is 767. The van der Waals surface area contributed by atoms with Crippen molar-refractivity contribution in [2.45, 2.75) is 30.2 Å². The molecule has 2 aliphatic rings. The first-order chi connectivity index (χ1) is 12.3. The Labute approximate surface area is 156 Å². The largest absolute Gasteiger partial charge is 0.371 e. The molecule has 8 heteroatoms. The molecule has 0 aliphatic carbocycles. The summed E-state index contributed by atoms with van der Waals surface area (Å²) in [6.07, 6.45) is 3.10. The van der Waals surface area contributed by atoms with Gasteiger partial charge in [0, 0.05) is 52.5 Å². The predicted octanol–water partition coefficient (Wildman–Crippen LogP) is 0.971. The number of hydrogen-bond acceptors (Lipinski definition) is 5. The van der Waals surface area contributed by atoms with Crippen molar-refractivity contribution < 1.29 is 13.2 Å². The Kier molecular flexibility index (Phi) is 5.55. The highest BCUT2D eigenvalue weighted by Gasteiger charge is 2.29. The van der Waals surface area contributed by atoms with Gasteiger partial charge in [-0.2, -0.15) is 0 Å². The number of benzene rings is 1. The minimum absolute atomic E-state index is 0.114. The van der Waals surface area contributed by atoms with Gasteiger partial charge in [0.15, 0.2) is 0 Å². The lowest BCUT2D eigenvalue weighted by molar-refractivity contribution is 0.0744. The number of hydrogen-bond donors (Lipinski definition) is 1. The topological polar surface area (TPSA) is 73.0 Å². The standard InChI is InChI=1S/C18H28N4O3S/c1-20(2)26(24,25)15-6-7-17(22-10-4-5-11-22)16(12-15)18(23)21(3)14-8-9-19-13-14/h6-7,12,14,19H,4-5,8-11,13H2,1-3H3. The number of rotatable bonds is 5. The van der Waals surface area contributed by atoms with Gasteiger partial charge in [0.25, 0.3) is 5.91 Å². The molecule has 1 atom stereocenters. The second-order valence-electron chi connectivity index (χ2n) is 7.22. The van der Waals surface area contributed by atoms with E-state index in [9.17, 15) is 13.2 Å². The molecule has 1 aromatic carbocycles. The molecule has 2 saturated heterocycles. The van der Waals surface area contributed by atoms with Crippen molar-refractivity contribution in [2.24, 2.45) is 0 Å². The maximum atomic E-state index is 13.2. The van der Waals surface area contributed by atoms with E-state index < -0.39 is 10.0 Å². The van der Waals surface area contributed by atoms with Gasteiger partial charge in [0.1, 0.15) is 0 Å². The van der Waals surface area contributed by atoms with Gasteiger partial charge in [-0.25, -0.2) is 12.7 Å². The highest BCUT2D eigenvalue weighted by molar-refractivity contribution is 7.89. The first kappa shape index (κ1) is 19.1. The van der Waals surface area contributed by atoms with E-state index in [4.69, 9.17) is 0 Å². The summed E-state index contributed by atoms with van der Waals surface area (Å²) in [7, 11) is 1.22. The summed E-state index contributed by atoms with van der Waals surface area (Å²) >= 11 is 0. The molecule has 1 unspecified atom stereocenters. The van der Waals surface area contributed by atoms with E-state index in [0.717, 1.165) is 51.1 Å². The van der Waals surface area contributed by atoms with Crippen LogP contribution in [-0.2, 0) is 10.0 Å². The average molecular weight is 381 g/mol. The summed E-state index contributed by atoms with van der Waals surface area (Å²) in [5, 5.41) is 3.27. The van der Waals surface area contributed by atoms with Crippen LogP contribution >= 0.6 is 0 Å². The van der Waals surface area contributed by atoms with Gasteiger partial charge in [-0.1, -0.05) is 0 Å².